The van der Waals surface area contributed by atoms with Gasteiger partial charge in [0.25, 0.3) is 5.91 Å². The molecule has 27 heavy (non-hydrogen) atoms. The fourth-order valence-electron chi connectivity index (χ4n) is 2.79. The van der Waals surface area contributed by atoms with Crippen molar-refractivity contribution in [1.82, 2.24) is 5.32 Å². The summed E-state index contributed by atoms with van der Waals surface area (Å²) in [5.74, 6) is 0.0671. The molecule has 2 aromatic carbocycles. The summed E-state index contributed by atoms with van der Waals surface area (Å²) < 4.78 is 10.3. The van der Waals surface area contributed by atoms with Crippen LogP contribution < -0.4 is 19.7 Å². The van der Waals surface area contributed by atoms with Gasteiger partial charge in [-0.1, -0.05) is 11.6 Å². The van der Waals surface area contributed by atoms with E-state index in [-0.39, 0.29) is 28.3 Å². The summed E-state index contributed by atoms with van der Waals surface area (Å²) in [6, 6.07) is 8.42. The summed E-state index contributed by atoms with van der Waals surface area (Å²) in [4.78, 5) is 14.3. The Hall–Kier alpha value is -2.77. The third-order valence-corrected chi connectivity index (χ3v) is 4.61. The van der Waals surface area contributed by atoms with E-state index >= 15 is 0 Å². The Labute approximate surface area is 167 Å². The number of anilines is 1. The quantitative estimate of drug-likeness (QED) is 0.599. The number of aromatic hydroxyl groups is 1. The number of carbonyl (C=O) groups is 1. The Bertz CT molecular complexity index is 949. The number of halogens is 1. The number of methoxy groups -OCH3 is 2. The third-order valence-electron chi connectivity index (χ3n) is 4.09. The van der Waals surface area contributed by atoms with Crippen molar-refractivity contribution in [2.45, 2.75) is 6.92 Å². The number of benzene rings is 2. The number of nitrogens with zero attached hydrogens (tertiary/aromatic N) is 1. The van der Waals surface area contributed by atoms with Gasteiger partial charge < -0.3 is 19.9 Å². The molecule has 1 saturated heterocycles. The lowest BCUT2D eigenvalue weighted by Gasteiger charge is -2.16. The minimum absolute atomic E-state index is 0.109. The van der Waals surface area contributed by atoms with Crippen LogP contribution in [0, 0.1) is 6.92 Å². The second-order valence-electron chi connectivity index (χ2n) is 5.83. The predicted octanol–water partition coefficient (Wildman–Crippen LogP) is 3.63. The van der Waals surface area contributed by atoms with Crippen LogP contribution >= 0.6 is 23.8 Å². The summed E-state index contributed by atoms with van der Waals surface area (Å²) in [5, 5.41) is 13.8. The average molecular weight is 405 g/mol. The molecule has 0 unspecified atom stereocenters. The number of ether oxygens (including phenoxy) is 2. The van der Waals surface area contributed by atoms with E-state index in [1.54, 1.807) is 36.4 Å². The molecule has 0 aromatic heterocycles. The third kappa shape index (κ3) is 3.56. The Morgan fingerprint density at radius 1 is 1.19 bits per heavy atom. The number of rotatable bonds is 4. The van der Waals surface area contributed by atoms with Crippen LogP contribution in [0.5, 0.6) is 17.2 Å². The number of amides is 1. The smallest absolute Gasteiger partial charge is 0.281 e. The van der Waals surface area contributed by atoms with E-state index in [1.165, 1.54) is 19.1 Å². The largest absolute Gasteiger partial charge is 0.502 e. The van der Waals surface area contributed by atoms with Gasteiger partial charge in [0, 0.05) is 5.02 Å². The fourth-order valence-corrected chi connectivity index (χ4v) is 3.31. The molecule has 0 spiro atoms. The van der Waals surface area contributed by atoms with E-state index in [0.29, 0.717) is 22.0 Å². The van der Waals surface area contributed by atoms with Crippen LogP contribution in [0.2, 0.25) is 5.02 Å². The van der Waals surface area contributed by atoms with Crippen LogP contribution in [0.3, 0.4) is 0 Å². The first-order valence-electron chi connectivity index (χ1n) is 7.94. The second-order valence-corrected chi connectivity index (χ2v) is 6.66. The van der Waals surface area contributed by atoms with Crippen LogP contribution in [-0.2, 0) is 4.79 Å². The first-order valence-corrected chi connectivity index (χ1v) is 8.72. The molecule has 0 saturated carbocycles. The first kappa shape index (κ1) is 19.0. The molecule has 2 N–H and O–H groups in total. The van der Waals surface area contributed by atoms with Crippen LogP contribution in [-0.4, -0.2) is 30.3 Å². The highest BCUT2D eigenvalue weighted by molar-refractivity contribution is 7.80. The minimum Gasteiger partial charge on any atom is -0.502 e. The van der Waals surface area contributed by atoms with Gasteiger partial charge >= 0.3 is 0 Å². The molecule has 0 radical (unpaired) electrons. The predicted molar refractivity (Wildman–Crippen MR) is 109 cm³/mol. The van der Waals surface area contributed by atoms with Gasteiger partial charge in [0.05, 0.1) is 19.9 Å². The van der Waals surface area contributed by atoms with E-state index in [4.69, 9.17) is 33.3 Å². The minimum atomic E-state index is -0.295. The second kappa shape index (κ2) is 7.46. The lowest BCUT2D eigenvalue weighted by molar-refractivity contribution is -0.113. The number of nitrogens with one attached hydrogen (secondary N) is 1. The number of carbonyl (C=O) groups excluding carboxylic acids is 1. The Balaban J connectivity index is 2.00. The molecular formula is C19H17ClN2O4S. The van der Waals surface area contributed by atoms with Gasteiger partial charge in [0.1, 0.15) is 5.70 Å². The van der Waals surface area contributed by atoms with Crippen LogP contribution in [0.15, 0.2) is 36.0 Å². The van der Waals surface area contributed by atoms with Crippen molar-refractivity contribution >= 4 is 46.6 Å². The highest BCUT2D eigenvalue weighted by atomic mass is 35.5. The van der Waals surface area contributed by atoms with Gasteiger partial charge in [0.15, 0.2) is 16.6 Å². The lowest BCUT2D eigenvalue weighted by atomic mass is 10.1. The van der Waals surface area contributed by atoms with E-state index in [9.17, 15) is 9.90 Å². The Kier molecular flexibility index (Phi) is 5.25. The molecule has 2 aromatic rings. The summed E-state index contributed by atoms with van der Waals surface area (Å²) in [6.07, 6.45) is 1.62. The van der Waals surface area contributed by atoms with Crippen molar-refractivity contribution in [3.05, 3.63) is 52.2 Å². The SMILES string of the molecule is COc1cc(/C=C2\NC(=S)N(c3ccc(Cl)cc3C)C2=O)cc(OC)c1O. The molecule has 3 rings (SSSR count). The van der Waals surface area contributed by atoms with E-state index < -0.39 is 0 Å². The zero-order valence-electron chi connectivity index (χ0n) is 14.9. The average Bonchev–Trinajstić information content (AvgIpc) is 2.90. The molecular weight excluding hydrogens is 388 g/mol. The number of phenolic OH excluding ortho intramolecular Hbond substituents is 1. The summed E-state index contributed by atoms with van der Waals surface area (Å²) in [5.41, 5.74) is 2.39. The maximum atomic E-state index is 12.9. The monoisotopic (exact) mass is 404 g/mol. The standard InChI is InChI=1S/C19H17ClN2O4S/c1-10-6-12(20)4-5-14(10)22-18(24)13(21-19(22)27)7-11-8-15(25-2)17(23)16(9-11)26-3/h4-9,23H,1-3H3,(H,21,27)/b13-7-. The summed E-state index contributed by atoms with van der Waals surface area (Å²) >= 11 is 11.3. The molecule has 8 heteroatoms. The zero-order valence-corrected chi connectivity index (χ0v) is 16.4. The van der Waals surface area contributed by atoms with Gasteiger partial charge in [-0.3, -0.25) is 9.69 Å². The van der Waals surface area contributed by atoms with Crippen LogP contribution in [0.25, 0.3) is 6.08 Å². The van der Waals surface area contributed by atoms with Crippen molar-refractivity contribution < 1.29 is 19.4 Å². The van der Waals surface area contributed by atoms with E-state index in [2.05, 4.69) is 5.32 Å². The normalized spacial score (nSPS) is 15.3. The van der Waals surface area contributed by atoms with Gasteiger partial charge in [-0.15, -0.1) is 0 Å². The molecule has 1 aliphatic heterocycles. The fraction of sp³-hybridized carbons (Fsp3) is 0.158. The highest BCUT2D eigenvalue weighted by Crippen LogP contribution is 2.38. The molecule has 1 heterocycles. The van der Waals surface area contributed by atoms with E-state index in [1.807, 2.05) is 6.92 Å². The number of phenols is 1. The van der Waals surface area contributed by atoms with Crippen molar-refractivity contribution in [3.63, 3.8) is 0 Å². The zero-order chi connectivity index (χ0) is 19.7. The number of aryl methyl sites for hydroxylation is 1. The summed E-state index contributed by atoms with van der Waals surface area (Å²) in [7, 11) is 2.87. The molecule has 0 atom stereocenters. The van der Waals surface area contributed by atoms with Gasteiger partial charge in [-0.2, -0.15) is 0 Å². The summed E-state index contributed by atoms with van der Waals surface area (Å²) in [6.45, 7) is 1.86. The number of thiocarbonyl (C=S) groups is 1. The molecule has 1 fully saturated rings. The van der Waals surface area contributed by atoms with Crippen molar-refractivity contribution in [2.24, 2.45) is 0 Å². The van der Waals surface area contributed by atoms with Crippen molar-refractivity contribution in [3.8, 4) is 17.2 Å². The van der Waals surface area contributed by atoms with E-state index in [0.717, 1.165) is 5.56 Å². The molecule has 1 aliphatic rings. The van der Waals surface area contributed by atoms with Gasteiger partial charge in [-0.05, 0) is 66.7 Å². The maximum absolute atomic E-state index is 12.9. The van der Waals surface area contributed by atoms with Crippen molar-refractivity contribution in [2.75, 3.05) is 19.1 Å². The van der Waals surface area contributed by atoms with Gasteiger partial charge in [0.2, 0.25) is 5.75 Å². The maximum Gasteiger partial charge on any atom is 0.281 e. The Morgan fingerprint density at radius 2 is 1.81 bits per heavy atom. The van der Waals surface area contributed by atoms with Gasteiger partial charge in [-0.25, -0.2) is 0 Å². The molecule has 0 bridgehead atoms. The topological polar surface area (TPSA) is 71.0 Å². The lowest BCUT2D eigenvalue weighted by Crippen LogP contribution is -2.30. The number of hydrogen-bond donors (Lipinski definition) is 2. The molecule has 6 nitrogen and oxygen atoms in total. The highest BCUT2D eigenvalue weighted by Gasteiger charge is 2.33. The molecule has 1 amide bonds. The number of hydrogen-bond acceptors (Lipinski definition) is 5. The van der Waals surface area contributed by atoms with Crippen LogP contribution in [0.1, 0.15) is 11.1 Å². The van der Waals surface area contributed by atoms with Crippen molar-refractivity contribution in [1.29, 1.82) is 0 Å². The first-order chi connectivity index (χ1) is 12.8. The molecule has 0 aliphatic carbocycles. The van der Waals surface area contributed by atoms with Crippen LogP contribution in [0.4, 0.5) is 5.69 Å². The molecule has 140 valence electrons. The Morgan fingerprint density at radius 3 is 2.37 bits per heavy atom.